The maximum absolute atomic E-state index is 13.1. The van der Waals surface area contributed by atoms with Crippen molar-refractivity contribution in [2.24, 2.45) is 5.41 Å². The molecule has 1 amide bonds. The SMILES string of the molecule is COc1ccc(-c2onc(N3CCCC3)c2C(=O)NCC2(C)COC2)cc1. The summed E-state index contributed by atoms with van der Waals surface area (Å²) < 4.78 is 16.1. The molecule has 0 saturated carbocycles. The van der Waals surface area contributed by atoms with Crippen LogP contribution in [0.5, 0.6) is 5.75 Å². The minimum absolute atomic E-state index is 0.000901. The molecule has 0 aliphatic carbocycles. The van der Waals surface area contributed by atoms with E-state index in [1.807, 2.05) is 24.3 Å². The van der Waals surface area contributed by atoms with Gasteiger partial charge in [0.15, 0.2) is 11.6 Å². The standard InChI is InChI=1S/C20H25N3O4/c1-20(12-26-13-20)11-21-19(24)16-17(14-5-7-15(25-2)8-6-14)27-22-18(16)23-9-3-4-10-23/h5-8H,3-4,9-13H2,1-2H3,(H,21,24). The van der Waals surface area contributed by atoms with E-state index in [2.05, 4.69) is 22.3 Å². The third-order valence-electron chi connectivity index (χ3n) is 5.24. The molecule has 0 spiro atoms. The van der Waals surface area contributed by atoms with Crippen molar-refractivity contribution in [3.05, 3.63) is 29.8 Å². The summed E-state index contributed by atoms with van der Waals surface area (Å²) in [7, 11) is 1.62. The Bertz CT molecular complexity index is 805. The molecule has 27 heavy (non-hydrogen) atoms. The summed E-state index contributed by atoms with van der Waals surface area (Å²) in [5.41, 5.74) is 1.31. The van der Waals surface area contributed by atoms with Crippen molar-refractivity contribution in [2.75, 3.05) is 44.9 Å². The summed E-state index contributed by atoms with van der Waals surface area (Å²) in [5, 5.41) is 7.30. The zero-order valence-corrected chi connectivity index (χ0v) is 15.8. The van der Waals surface area contributed by atoms with Crippen LogP contribution in [0.1, 0.15) is 30.1 Å². The lowest BCUT2D eigenvalue weighted by molar-refractivity contribution is -0.0978. The normalized spacial score (nSPS) is 18.2. The predicted molar refractivity (Wildman–Crippen MR) is 101 cm³/mol. The Kier molecular flexibility index (Phi) is 4.78. The van der Waals surface area contributed by atoms with Crippen LogP contribution in [0.3, 0.4) is 0 Å². The Labute approximate surface area is 158 Å². The maximum Gasteiger partial charge on any atom is 0.259 e. The third-order valence-corrected chi connectivity index (χ3v) is 5.24. The number of rotatable bonds is 6. The number of anilines is 1. The van der Waals surface area contributed by atoms with Crippen LogP contribution < -0.4 is 15.0 Å². The monoisotopic (exact) mass is 371 g/mol. The van der Waals surface area contributed by atoms with Crippen LogP contribution in [0.25, 0.3) is 11.3 Å². The van der Waals surface area contributed by atoms with Gasteiger partial charge in [-0.25, -0.2) is 0 Å². The molecule has 7 nitrogen and oxygen atoms in total. The number of hydrogen-bond acceptors (Lipinski definition) is 6. The number of hydrogen-bond donors (Lipinski definition) is 1. The van der Waals surface area contributed by atoms with Crippen LogP contribution in [0.2, 0.25) is 0 Å². The molecule has 2 saturated heterocycles. The summed E-state index contributed by atoms with van der Waals surface area (Å²) in [5.74, 6) is 1.72. The van der Waals surface area contributed by atoms with Crippen molar-refractivity contribution in [1.82, 2.24) is 10.5 Å². The second-order valence-electron chi connectivity index (χ2n) is 7.62. The largest absolute Gasteiger partial charge is 0.497 e. The third kappa shape index (κ3) is 3.51. The number of nitrogens with zero attached hydrogens (tertiary/aromatic N) is 2. The summed E-state index contributed by atoms with van der Waals surface area (Å²) in [6, 6.07) is 7.46. The minimum atomic E-state index is -0.155. The zero-order valence-electron chi connectivity index (χ0n) is 15.8. The van der Waals surface area contributed by atoms with Crippen molar-refractivity contribution < 1.29 is 18.8 Å². The number of nitrogens with one attached hydrogen (secondary N) is 1. The highest BCUT2D eigenvalue weighted by Crippen LogP contribution is 2.34. The van der Waals surface area contributed by atoms with Gasteiger partial charge in [-0.05, 0) is 37.1 Å². The van der Waals surface area contributed by atoms with Crippen molar-refractivity contribution in [3.63, 3.8) is 0 Å². The smallest absolute Gasteiger partial charge is 0.259 e. The molecule has 1 aromatic heterocycles. The number of benzene rings is 1. The van der Waals surface area contributed by atoms with E-state index in [0.717, 1.165) is 37.2 Å². The lowest BCUT2D eigenvalue weighted by Crippen LogP contribution is -2.48. The van der Waals surface area contributed by atoms with Crippen LogP contribution in [0.4, 0.5) is 5.82 Å². The molecule has 0 bridgehead atoms. The van der Waals surface area contributed by atoms with E-state index in [-0.39, 0.29) is 11.3 Å². The van der Waals surface area contributed by atoms with E-state index in [1.165, 1.54) is 0 Å². The summed E-state index contributed by atoms with van der Waals surface area (Å²) in [6.45, 7) is 5.79. The number of aromatic nitrogens is 1. The number of amides is 1. The van der Waals surface area contributed by atoms with E-state index >= 15 is 0 Å². The molecule has 2 aromatic rings. The molecular formula is C20H25N3O4. The van der Waals surface area contributed by atoms with Crippen LogP contribution in [0.15, 0.2) is 28.8 Å². The predicted octanol–water partition coefficient (Wildman–Crippen LogP) is 2.72. The van der Waals surface area contributed by atoms with Gasteiger partial charge in [0.25, 0.3) is 5.91 Å². The second-order valence-corrected chi connectivity index (χ2v) is 7.62. The highest BCUT2D eigenvalue weighted by atomic mass is 16.5. The van der Waals surface area contributed by atoms with Gasteiger partial charge >= 0.3 is 0 Å². The first-order valence-electron chi connectivity index (χ1n) is 9.35. The Morgan fingerprint density at radius 2 is 1.96 bits per heavy atom. The number of methoxy groups -OCH3 is 1. The fourth-order valence-corrected chi connectivity index (χ4v) is 3.51. The van der Waals surface area contributed by atoms with Gasteiger partial charge in [0.1, 0.15) is 11.3 Å². The number of carbonyl (C=O) groups is 1. The van der Waals surface area contributed by atoms with Crippen LogP contribution >= 0.6 is 0 Å². The molecule has 1 aromatic carbocycles. The Morgan fingerprint density at radius 1 is 1.26 bits per heavy atom. The topological polar surface area (TPSA) is 76.8 Å². The zero-order chi connectivity index (χ0) is 18.9. The highest BCUT2D eigenvalue weighted by molar-refractivity contribution is 6.04. The number of ether oxygens (including phenoxy) is 2. The van der Waals surface area contributed by atoms with Crippen LogP contribution in [-0.2, 0) is 4.74 Å². The van der Waals surface area contributed by atoms with E-state index in [1.54, 1.807) is 7.11 Å². The lowest BCUT2D eigenvalue weighted by Gasteiger charge is -2.38. The van der Waals surface area contributed by atoms with Crippen LogP contribution in [0, 0.1) is 5.41 Å². The summed E-state index contributed by atoms with van der Waals surface area (Å²) in [6.07, 6.45) is 2.20. The van der Waals surface area contributed by atoms with E-state index in [0.29, 0.717) is 36.9 Å². The Balaban J connectivity index is 1.64. The first-order valence-corrected chi connectivity index (χ1v) is 9.35. The maximum atomic E-state index is 13.1. The second kappa shape index (κ2) is 7.23. The molecule has 7 heteroatoms. The molecule has 3 heterocycles. The number of carbonyl (C=O) groups excluding carboxylic acids is 1. The highest BCUT2D eigenvalue weighted by Gasteiger charge is 2.35. The van der Waals surface area contributed by atoms with Crippen molar-refractivity contribution >= 4 is 11.7 Å². The van der Waals surface area contributed by atoms with Gasteiger partial charge in [-0.3, -0.25) is 4.79 Å². The van der Waals surface area contributed by atoms with Crippen LogP contribution in [-0.4, -0.2) is 51.0 Å². The van der Waals surface area contributed by atoms with Crippen molar-refractivity contribution in [2.45, 2.75) is 19.8 Å². The molecule has 0 atom stereocenters. The summed E-state index contributed by atoms with van der Waals surface area (Å²) in [4.78, 5) is 15.2. The van der Waals surface area contributed by atoms with Gasteiger partial charge in [-0.2, -0.15) is 0 Å². The Morgan fingerprint density at radius 3 is 2.56 bits per heavy atom. The fraction of sp³-hybridized carbons (Fsp3) is 0.500. The molecule has 1 N–H and O–H groups in total. The first-order chi connectivity index (χ1) is 13.1. The lowest BCUT2D eigenvalue weighted by atomic mass is 9.88. The molecule has 2 aliphatic heterocycles. The quantitative estimate of drug-likeness (QED) is 0.841. The first kappa shape index (κ1) is 17.9. The molecule has 4 rings (SSSR count). The molecule has 2 aliphatic rings. The average Bonchev–Trinajstić information content (AvgIpc) is 3.34. The van der Waals surface area contributed by atoms with Crippen molar-refractivity contribution in [1.29, 1.82) is 0 Å². The van der Waals surface area contributed by atoms with Gasteiger partial charge in [0, 0.05) is 30.6 Å². The average molecular weight is 371 g/mol. The molecule has 0 radical (unpaired) electrons. The van der Waals surface area contributed by atoms with Gasteiger partial charge in [-0.15, -0.1) is 0 Å². The van der Waals surface area contributed by atoms with E-state index in [4.69, 9.17) is 14.0 Å². The Hall–Kier alpha value is -2.54. The van der Waals surface area contributed by atoms with E-state index < -0.39 is 0 Å². The van der Waals surface area contributed by atoms with E-state index in [9.17, 15) is 4.79 Å². The minimum Gasteiger partial charge on any atom is -0.497 e. The van der Waals surface area contributed by atoms with Gasteiger partial charge in [0.05, 0.1) is 20.3 Å². The fourth-order valence-electron chi connectivity index (χ4n) is 3.51. The van der Waals surface area contributed by atoms with Crippen molar-refractivity contribution in [3.8, 4) is 17.1 Å². The van der Waals surface area contributed by atoms with Gasteiger partial charge in [0.2, 0.25) is 0 Å². The molecule has 2 fully saturated rings. The molecular weight excluding hydrogens is 346 g/mol. The molecule has 0 unspecified atom stereocenters. The summed E-state index contributed by atoms with van der Waals surface area (Å²) >= 11 is 0. The van der Waals surface area contributed by atoms with Gasteiger partial charge < -0.3 is 24.2 Å². The van der Waals surface area contributed by atoms with Gasteiger partial charge in [-0.1, -0.05) is 12.1 Å². The molecule has 144 valence electrons.